The third-order valence-corrected chi connectivity index (χ3v) is 4.88. The summed E-state index contributed by atoms with van der Waals surface area (Å²) in [4.78, 5) is 4.78. The van der Waals surface area contributed by atoms with Crippen molar-refractivity contribution < 1.29 is 0 Å². The second-order valence-electron chi connectivity index (χ2n) is 5.28. The number of halogens is 1. The Morgan fingerprint density at radius 2 is 1.76 bits per heavy atom. The number of nitrogens with zero attached hydrogens (tertiary/aromatic N) is 1. The van der Waals surface area contributed by atoms with Gasteiger partial charge in [-0.15, -0.1) is 11.3 Å². The van der Waals surface area contributed by atoms with Crippen LogP contribution in [0.15, 0.2) is 52.3 Å². The van der Waals surface area contributed by atoms with E-state index in [1.807, 2.05) is 12.1 Å². The van der Waals surface area contributed by atoms with Crippen molar-refractivity contribution >= 4 is 27.3 Å². The molecule has 0 spiro atoms. The van der Waals surface area contributed by atoms with Crippen LogP contribution in [-0.4, -0.2) is 4.98 Å². The molecule has 0 saturated carbocycles. The number of aryl methyl sites for hydroxylation is 2. The van der Waals surface area contributed by atoms with E-state index in [9.17, 15) is 0 Å². The van der Waals surface area contributed by atoms with Crippen molar-refractivity contribution in [3.05, 3.63) is 74.0 Å². The second-order valence-corrected chi connectivity index (χ2v) is 7.08. The molecule has 0 unspecified atom stereocenters. The molecule has 106 valence electrons. The first-order valence-corrected chi connectivity index (χ1v) is 8.55. The molecular weight excluding hydrogens is 342 g/mol. The minimum Gasteiger partial charge on any atom is -0.241 e. The van der Waals surface area contributed by atoms with E-state index >= 15 is 0 Å². The summed E-state index contributed by atoms with van der Waals surface area (Å²) in [6.07, 6.45) is 0.900. The second kappa shape index (κ2) is 6.12. The van der Waals surface area contributed by atoms with Gasteiger partial charge in [-0.25, -0.2) is 4.98 Å². The average molecular weight is 358 g/mol. The summed E-state index contributed by atoms with van der Waals surface area (Å²) in [5.74, 6) is 0. The molecule has 0 aliphatic rings. The number of hydrogen-bond acceptors (Lipinski definition) is 2. The molecule has 0 radical (unpaired) electrons. The van der Waals surface area contributed by atoms with Gasteiger partial charge in [0.2, 0.25) is 0 Å². The van der Waals surface area contributed by atoms with Crippen LogP contribution < -0.4 is 0 Å². The molecule has 3 aromatic rings. The standard InChI is InChI=1S/C18H16BrNS/c1-12-7-13(2)9-14(8-12)10-18-20-17(11-21-18)15-5-3-4-6-16(15)19/h3-9,11H,10H2,1-2H3. The Bertz CT molecular complexity index is 756. The molecule has 1 nitrogen and oxygen atoms in total. The zero-order chi connectivity index (χ0) is 14.8. The van der Waals surface area contributed by atoms with Crippen molar-refractivity contribution in [1.82, 2.24) is 4.98 Å². The summed E-state index contributed by atoms with van der Waals surface area (Å²) in [7, 11) is 0. The summed E-state index contributed by atoms with van der Waals surface area (Å²) in [6, 6.07) is 14.9. The van der Waals surface area contributed by atoms with Crippen molar-refractivity contribution in [2.45, 2.75) is 20.3 Å². The van der Waals surface area contributed by atoms with Gasteiger partial charge in [-0.2, -0.15) is 0 Å². The van der Waals surface area contributed by atoms with E-state index in [2.05, 4.69) is 65.5 Å². The Labute approximate surface area is 137 Å². The van der Waals surface area contributed by atoms with Crippen LogP contribution in [0, 0.1) is 13.8 Å². The fourth-order valence-corrected chi connectivity index (χ4v) is 3.85. The van der Waals surface area contributed by atoms with Crippen molar-refractivity contribution in [2.24, 2.45) is 0 Å². The van der Waals surface area contributed by atoms with Gasteiger partial charge in [0.15, 0.2) is 0 Å². The minimum absolute atomic E-state index is 0.900. The van der Waals surface area contributed by atoms with Gasteiger partial charge in [0.05, 0.1) is 10.7 Å². The Morgan fingerprint density at radius 3 is 2.48 bits per heavy atom. The van der Waals surface area contributed by atoms with Crippen LogP contribution in [0.4, 0.5) is 0 Å². The first-order chi connectivity index (χ1) is 10.1. The molecule has 1 heterocycles. The van der Waals surface area contributed by atoms with Crippen LogP contribution in [0.25, 0.3) is 11.3 Å². The smallest absolute Gasteiger partial charge is 0.0976 e. The monoisotopic (exact) mass is 357 g/mol. The summed E-state index contributed by atoms with van der Waals surface area (Å²) in [5, 5.41) is 3.30. The van der Waals surface area contributed by atoms with Crippen LogP contribution in [0.2, 0.25) is 0 Å². The maximum Gasteiger partial charge on any atom is 0.0976 e. The largest absolute Gasteiger partial charge is 0.241 e. The van der Waals surface area contributed by atoms with E-state index in [-0.39, 0.29) is 0 Å². The fourth-order valence-electron chi connectivity index (χ4n) is 2.53. The van der Waals surface area contributed by atoms with Gasteiger partial charge in [0, 0.05) is 21.8 Å². The molecule has 0 saturated heterocycles. The Hall–Kier alpha value is -1.45. The van der Waals surface area contributed by atoms with Gasteiger partial charge >= 0.3 is 0 Å². The molecule has 3 rings (SSSR count). The normalized spacial score (nSPS) is 10.8. The highest BCUT2D eigenvalue weighted by molar-refractivity contribution is 9.10. The van der Waals surface area contributed by atoms with E-state index < -0.39 is 0 Å². The fraction of sp³-hybridized carbons (Fsp3) is 0.167. The SMILES string of the molecule is Cc1cc(C)cc(Cc2nc(-c3ccccc3Br)cs2)c1. The summed E-state index contributed by atoms with van der Waals surface area (Å²) in [5.41, 5.74) is 6.16. The average Bonchev–Trinajstić information content (AvgIpc) is 2.86. The third kappa shape index (κ3) is 3.42. The van der Waals surface area contributed by atoms with Crippen LogP contribution in [0.3, 0.4) is 0 Å². The first kappa shape index (κ1) is 14.5. The Balaban J connectivity index is 1.87. The van der Waals surface area contributed by atoms with Crippen LogP contribution in [-0.2, 0) is 6.42 Å². The number of benzene rings is 2. The van der Waals surface area contributed by atoms with Crippen molar-refractivity contribution in [3.63, 3.8) is 0 Å². The highest BCUT2D eigenvalue weighted by Crippen LogP contribution is 2.29. The summed E-state index contributed by atoms with van der Waals surface area (Å²) < 4.78 is 1.09. The Morgan fingerprint density at radius 1 is 1.05 bits per heavy atom. The number of aromatic nitrogens is 1. The van der Waals surface area contributed by atoms with E-state index in [1.165, 1.54) is 16.7 Å². The van der Waals surface area contributed by atoms with Crippen molar-refractivity contribution in [1.29, 1.82) is 0 Å². The van der Waals surface area contributed by atoms with Crippen molar-refractivity contribution in [3.8, 4) is 11.3 Å². The lowest BCUT2D eigenvalue weighted by Crippen LogP contribution is -1.90. The van der Waals surface area contributed by atoms with E-state index in [0.29, 0.717) is 0 Å². The van der Waals surface area contributed by atoms with Gasteiger partial charge in [0.1, 0.15) is 0 Å². The molecule has 0 aliphatic carbocycles. The highest BCUT2D eigenvalue weighted by atomic mass is 79.9. The molecule has 0 fully saturated rings. The molecule has 0 aliphatic heterocycles. The predicted molar refractivity (Wildman–Crippen MR) is 94.0 cm³/mol. The van der Waals surface area contributed by atoms with Gasteiger partial charge < -0.3 is 0 Å². The summed E-state index contributed by atoms with van der Waals surface area (Å²) >= 11 is 5.32. The molecule has 0 amide bonds. The topological polar surface area (TPSA) is 12.9 Å². The zero-order valence-corrected chi connectivity index (χ0v) is 14.5. The van der Waals surface area contributed by atoms with Gasteiger partial charge in [-0.05, 0) is 25.5 Å². The van der Waals surface area contributed by atoms with Gasteiger partial charge in [0.25, 0.3) is 0 Å². The molecule has 1 aromatic heterocycles. The van der Waals surface area contributed by atoms with Crippen LogP contribution in [0.1, 0.15) is 21.7 Å². The Kier molecular flexibility index (Phi) is 4.22. The number of rotatable bonds is 3. The van der Waals surface area contributed by atoms with E-state index in [1.54, 1.807) is 11.3 Å². The maximum absolute atomic E-state index is 4.78. The molecular formula is C18H16BrNS. The lowest BCUT2D eigenvalue weighted by molar-refractivity contribution is 1.13. The van der Waals surface area contributed by atoms with Gasteiger partial charge in [-0.1, -0.05) is 63.5 Å². The number of hydrogen-bond donors (Lipinski definition) is 0. The lowest BCUT2D eigenvalue weighted by Gasteiger charge is -2.03. The predicted octanol–water partition coefficient (Wildman–Crippen LogP) is 5.78. The number of thiazole rings is 1. The van der Waals surface area contributed by atoms with Crippen molar-refractivity contribution in [2.75, 3.05) is 0 Å². The van der Waals surface area contributed by atoms with Gasteiger partial charge in [-0.3, -0.25) is 0 Å². The molecule has 21 heavy (non-hydrogen) atoms. The zero-order valence-electron chi connectivity index (χ0n) is 12.1. The van der Waals surface area contributed by atoms with E-state index in [0.717, 1.165) is 27.2 Å². The van der Waals surface area contributed by atoms with Crippen LogP contribution in [0.5, 0.6) is 0 Å². The minimum atomic E-state index is 0.900. The molecule has 0 bridgehead atoms. The molecule has 0 N–H and O–H groups in total. The quantitative estimate of drug-likeness (QED) is 0.578. The summed E-state index contributed by atoms with van der Waals surface area (Å²) in [6.45, 7) is 4.29. The first-order valence-electron chi connectivity index (χ1n) is 6.88. The van der Waals surface area contributed by atoms with E-state index in [4.69, 9.17) is 4.98 Å². The van der Waals surface area contributed by atoms with Crippen LogP contribution >= 0.6 is 27.3 Å². The highest BCUT2D eigenvalue weighted by Gasteiger charge is 2.08. The lowest BCUT2D eigenvalue weighted by atomic mass is 10.1. The molecule has 0 atom stereocenters. The molecule has 3 heteroatoms. The third-order valence-electron chi connectivity index (χ3n) is 3.34. The molecule has 2 aromatic carbocycles. The maximum atomic E-state index is 4.78.